The molecule has 1 aliphatic heterocycles. The second kappa shape index (κ2) is 7.36. The van der Waals surface area contributed by atoms with E-state index in [2.05, 4.69) is 5.32 Å². The van der Waals surface area contributed by atoms with Crippen LogP contribution in [0.1, 0.15) is 41.5 Å². The van der Waals surface area contributed by atoms with Crippen LogP contribution in [0.4, 0.5) is 4.79 Å². The lowest BCUT2D eigenvalue weighted by Gasteiger charge is -2.33. The van der Waals surface area contributed by atoms with Crippen LogP contribution in [0.5, 0.6) is 0 Å². The highest BCUT2D eigenvalue weighted by Crippen LogP contribution is 2.11. The number of ketones is 1. The molecule has 106 valence electrons. The van der Waals surface area contributed by atoms with Gasteiger partial charge in [0.15, 0.2) is 0 Å². The average molecular weight is 258 g/mol. The van der Waals surface area contributed by atoms with Crippen LogP contribution in [0.2, 0.25) is 0 Å². The van der Waals surface area contributed by atoms with Gasteiger partial charge in [-0.05, 0) is 27.7 Å². The molecule has 5 heteroatoms. The van der Waals surface area contributed by atoms with E-state index in [1.165, 1.54) is 6.92 Å². The molecule has 1 saturated heterocycles. The topological polar surface area (TPSA) is 58.6 Å². The van der Waals surface area contributed by atoms with E-state index in [0.717, 1.165) is 0 Å². The Kier molecular flexibility index (Phi) is 6.91. The molecule has 0 radical (unpaired) electrons. The number of hydrogen-bond donors (Lipinski definition) is 1. The Balaban J connectivity index is 0.00000137. The van der Waals surface area contributed by atoms with Crippen LogP contribution in [-0.4, -0.2) is 48.1 Å². The molecular weight excluding hydrogens is 232 g/mol. The van der Waals surface area contributed by atoms with Crippen LogP contribution in [-0.2, 0) is 9.53 Å². The minimum absolute atomic E-state index is 0.0493. The minimum atomic E-state index is -0.492. The van der Waals surface area contributed by atoms with Gasteiger partial charge in [0.1, 0.15) is 11.4 Å². The number of piperazine rings is 1. The van der Waals surface area contributed by atoms with Crippen LogP contribution >= 0.6 is 0 Å². The quantitative estimate of drug-likeness (QED) is 0.779. The van der Waals surface area contributed by atoms with Crippen molar-refractivity contribution >= 4 is 11.9 Å². The summed E-state index contributed by atoms with van der Waals surface area (Å²) in [4.78, 5) is 24.5. The zero-order chi connectivity index (χ0) is 14.3. The van der Waals surface area contributed by atoms with E-state index in [0.29, 0.717) is 19.6 Å². The smallest absolute Gasteiger partial charge is 0.410 e. The normalized spacial score (nSPS) is 19.7. The number of amides is 1. The first-order valence-corrected chi connectivity index (χ1v) is 6.51. The monoisotopic (exact) mass is 258 g/mol. The summed E-state index contributed by atoms with van der Waals surface area (Å²) in [5.41, 5.74) is -0.492. The molecule has 1 aliphatic rings. The van der Waals surface area contributed by atoms with Crippen LogP contribution in [0.3, 0.4) is 0 Å². The van der Waals surface area contributed by atoms with Gasteiger partial charge in [0, 0.05) is 19.6 Å². The van der Waals surface area contributed by atoms with Gasteiger partial charge in [-0.25, -0.2) is 4.79 Å². The highest BCUT2D eigenvalue weighted by Gasteiger charge is 2.28. The van der Waals surface area contributed by atoms with E-state index < -0.39 is 5.60 Å². The van der Waals surface area contributed by atoms with Crippen molar-refractivity contribution in [2.75, 3.05) is 19.6 Å². The number of rotatable bonds is 1. The molecule has 0 saturated carbocycles. The first kappa shape index (κ1) is 16.9. The average Bonchev–Trinajstić information content (AvgIpc) is 2.29. The van der Waals surface area contributed by atoms with E-state index in [1.54, 1.807) is 4.90 Å². The molecule has 1 atom stereocenters. The Morgan fingerprint density at radius 3 is 2.28 bits per heavy atom. The predicted octanol–water partition coefficient (Wildman–Crippen LogP) is 1.81. The SMILES string of the molecule is CC.CC(=O)[C@@H]1CN(C(=O)OC(C)(C)C)CCN1. The van der Waals surface area contributed by atoms with Crippen LogP contribution in [0.15, 0.2) is 0 Å². The Morgan fingerprint density at radius 1 is 1.28 bits per heavy atom. The molecule has 5 nitrogen and oxygen atoms in total. The lowest BCUT2D eigenvalue weighted by atomic mass is 10.1. The van der Waals surface area contributed by atoms with Gasteiger partial charge in [-0.15, -0.1) is 0 Å². The third-order valence-electron chi connectivity index (χ3n) is 2.32. The molecule has 0 unspecified atom stereocenters. The van der Waals surface area contributed by atoms with Crippen molar-refractivity contribution in [3.63, 3.8) is 0 Å². The largest absolute Gasteiger partial charge is 0.444 e. The number of carbonyl (C=O) groups excluding carboxylic acids is 2. The molecule has 0 bridgehead atoms. The molecule has 1 amide bonds. The number of ether oxygens (including phenoxy) is 1. The first-order valence-electron chi connectivity index (χ1n) is 6.51. The summed E-state index contributed by atoms with van der Waals surface area (Å²) in [5.74, 6) is 0.0493. The van der Waals surface area contributed by atoms with E-state index in [9.17, 15) is 9.59 Å². The Hall–Kier alpha value is -1.10. The zero-order valence-electron chi connectivity index (χ0n) is 12.4. The van der Waals surface area contributed by atoms with E-state index in [-0.39, 0.29) is 17.9 Å². The summed E-state index contributed by atoms with van der Waals surface area (Å²) in [7, 11) is 0. The van der Waals surface area contributed by atoms with Gasteiger partial charge in [-0.2, -0.15) is 0 Å². The summed E-state index contributed by atoms with van der Waals surface area (Å²) in [6.45, 7) is 12.6. The molecule has 1 fully saturated rings. The van der Waals surface area contributed by atoms with E-state index in [1.807, 2.05) is 34.6 Å². The fourth-order valence-electron chi connectivity index (χ4n) is 1.51. The molecule has 0 aromatic carbocycles. The van der Waals surface area contributed by atoms with Gasteiger partial charge in [0.25, 0.3) is 0 Å². The third-order valence-corrected chi connectivity index (χ3v) is 2.32. The number of nitrogens with zero attached hydrogens (tertiary/aromatic N) is 1. The number of carbonyl (C=O) groups is 2. The summed E-state index contributed by atoms with van der Waals surface area (Å²) < 4.78 is 5.25. The number of Topliss-reactive ketones (excluding diaryl/α,β-unsaturated/α-hetero) is 1. The summed E-state index contributed by atoms with van der Waals surface area (Å²) in [5, 5.41) is 3.07. The molecule has 0 aromatic heterocycles. The van der Waals surface area contributed by atoms with Crippen LogP contribution < -0.4 is 5.32 Å². The maximum Gasteiger partial charge on any atom is 0.410 e. The van der Waals surface area contributed by atoms with Gasteiger partial charge in [0.05, 0.1) is 6.04 Å². The molecule has 0 aromatic rings. The first-order chi connectivity index (χ1) is 8.29. The van der Waals surface area contributed by atoms with Crippen LogP contribution in [0.25, 0.3) is 0 Å². The number of nitrogens with one attached hydrogen (secondary N) is 1. The highest BCUT2D eigenvalue weighted by atomic mass is 16.6. The van der Waals surface area contributed by atoms with Gasteiger partial charge >= 0.3 is 6.09 Å². The van der Waals surface area contributed by atoms with E-state index >= 15 is 0 Å². The maximum atomic E-state index is 11.7. The standard InChI is InChI=1S/C11H20N2O3.C2H6/c1-8(14)9-7-13(6-5-12-9)10(15)16-11(2,3)4;1-2/h9,12H,5-7H2,1-4H3;1-2H3/t9-;/m0./s1. The summed E-state index contributed by atoms with van der Waals surface area (Å²) in [6.07, 6.45) is -0.347. The molecule has 0 spiro atoms. The fourth-order valence-corrected chi connectivity index (χ4v) is 1.51. The molecule has 1 heterocycles. The Labute approximate surface area is 110 Å². The van der Waals surface area contributed by atoms with Crippen molar-refractivity contribution < 1.29 is 14.3 Å². The Bertz CT molecular complexity index is 284. The lowest BCUT2D eigenvalue weighted by molar-refractivity contribution is -0.119. The van der Waals surface area contributed by atoms with Crippen molar-refractivity contribution in [3.05, 3.63) is 0 Å². The number of hydrogen-bond acceptors (Lipinski definition) is 4. The van der Waals surface area contributed by atoms with E-state index in [4.69, 9.17) is 4.74 Å². The minimum Gasteiger partial charge on any atom is -0.444 e. The molecule has 18 heavy (non-hydrogen) atoms. The molecule has 0 aliphatic carbocycles. The molecule has 1 rings (SSSR count). The second-order valence-corrected chi connectivity index (χ2v) is 5.04. The van der Waals surface area contributed by atoms with Gasteiger partial charge in [0.2, 0.25) is 0 Å². The van der Waals surface area contributed by atoms with Gasteiger partial charge in [-0.3, -0.25) is 4.79 Å². The van der Waals surface area contributed by atoms with Crippen molar-refractivity contribution in [3.8, 4) is 0 Å². The van der Waals surface area contributed by atoms with Crippen LogP contribution in [0, 0.1) is 0 Å². The van der Waals surface area contributed by atoms with Crippen molar-refractivity contribution in [1.82, 2.24) is 10.2 Å². The molecule has 1 N–H and O–H groups in total. The molecular formula is C13H26N2O3. The maximum absolute atomic E-state index is 11.7. The summed E-state index contributed by atoms with van der Waals surface area (Å²) >= 11 is 0. The second-order valence-electron chi connectivity index (χ2n) is 5.04. The fraction of sp³-hybridized carbons (Fsp3) is 0.846. The zero-order valence-corrected chi connectivity index (χ0v) is 12.4. The van der Waals surface area contributed by atoms with Gasteiger partial charge in [-0.1, -0.05) is 13.8 Å². The highest BCUT2D eigenvalue weighted by molar-refractivity contribution is 5.82. The Morgan fingerprint density at radius 2 is 1.83 bits per heavy atom. The van der Waals surface area contributed by atoms with Crippen molar-refractivity contribution in [2.45, 2.75) is 53.2 Å². The predicted molar refractivity (Wildman–Crippen MR) is 71.6 cm³/mol. The third kappa shape index (κ3) is 6.00. The summed E-state index contributed by atoms with van der Waals surface area (Å²) in [6, 6.07) is -0.263. The van der Waals surface area contributed by atoms with Gasteiger partial charge < -0.3 is 15.0 Å². The lowest BCUT2D eigenvalue weighted by Crippen LogP contribution is -2.55. The van der Waals surface area contributed by atoms with Crippen molar-refractivity contribution in [2.24, 2.45) is 0 Å². The van der Waals surface area contributed by atoms with Crippen molar-refractivity contribution in [1.29, 1.82) is 0 Å².